The maximum atomic E-state index is 12.7. The van der Waals surface area contributed by atoms with Crippen molar-refractivity contribution >= 4 is 40.5 Å². The van der Waals surface area contributed by atoms with Gasteiger partial charge in [-0.3, -0.25) is 20.0 Å². The van der Waals surface area contributed by atoms with Crippen molar-refractivity contribution in [2.45, 2.75) is 19.4 Å². The zero-order valence-electron chi connectivity index (χ0n) is 18.7. The Hall–Kier alpha value is -3.53. The molecule has 3 N–H and O–H groups in total. The first-order chi connectivity index (χ1) is 16.2. The third-order valence-electron chi connectivity index (χ3n) is 5.97. The van der Waals surface area contributed by atoms with Crippen molar-refractivity contribution in [3.8, 4) is 11.3 Å². The van der Waals surface area contributed by atoms with Gasteiger partial charge in [-0.2, -0.15) is 0 Å². The van der Waals surface area contributed by atoms with Gasteiger partial charge in [0.1, 0.15) is 11.4 Å². The van der Waals surface area contributed by atoms with Crippen molar-refractivity contribution in [3.63, 3.8) is 0 Å². The molecule has 3 aromatic rings. The lowest BCUT2D eigenvalue weighted by molar-refractivity contribution is -0.129. The second-order valence-electron chi connectivity index (χ2n) is 8.13. The minimum Gasteiger partial charge on any atom is -0.451 e. The molecule has 4 rings (SSSR count). The van der Waals surface area contributed by atoms with Gasteiger partial charge >= 0.3 is 0 Å². The van der Waals surface area contributed by atoms with Crippen LogP contribution in [0.3, 0.4) is 0 Å². The molecular formula is C24H25ClN4O5. The van der Waals surface area contributed by atoms with E-state index in [-0.39, 0.29) is 34.4 Å². The fourth-order valence-corrected chi connectivity index (χ4v) is 4.15. The first-order valence-corrected chi connectivity index (χ1v) is 11.1. The van der Waals surface area contributed by atoms with Crippen LogP contribution in [0.15, 0.2) is 59.0 Å². The molecule has 2 aromatic carbocycles. The molecule has 1 aromatic heterocycles. The van der Waals surface area contributed by atoms with Gasteiger partial charge < -0.3 is 19.5 Å². The Balaban J connectivity index is 1.42. The SMILES string of the molecule is CC(=O)N(C)C1CCN(c2ccc(NC(=O)c3ccc(-c4ccc(Cl)cc4N(O)O)o3)cc2)C1. The van der Waals surface area contributed by atoms with Crippen LogP contribution < -0.4 is 15.4 Å². The number of amides is 2. The second kappa shape index (κ2) is 9.76. The van der Waals surface area contributed by atoms with Gasteiger partial charge in [-0.1, -0.05) is 11.6 Å². The van der Waals surface area contributed by atoms with E-state index in [0.717, 1.165) is 25.2 Å². The highest BCUT2D eigenvalue weighted by molar-refractivity contribution is 6.31. The van der Waals surface area contributed by atoms with Crippen LogP contribution in [-0.2, 0) is 4.79 Å². The van der Waals surface area contributed by atoms with E-state index in [4.69, 9.17) is 16.0 Å². The number of nitrogens with one attached hydrogen (secondary N) is 1. The summed E-state index contributed by atoms with van der Waals surface area (Å²) in [6.45, 7) is 3.20. The van der Waals surface area contributed by atoms with E-state index in [1.807, 2.05) is 31.3 Å². The van der Waals surface area contributed by atoms with Gasteiger partial charge in [-0.25, -0.2) is 0 Å². The number of carbonyl (C=O) groups is 2. The number of hydrogen-bond acceptors (Lipinski definition) is 7. The van der Waals surface area contributed by atoms with Crippen molar-refractivity contribution in [1.29, 1.82) is 0 Å². The number of anilines is 3. The number of benzene rings is 2. The predicted octanol–water partition coefficient (Wildman–Crippen LogP) is 4.49. The van der Waals surface area contributed by atoms with Gasteiger partial charge in [0, 0.05) is 49.0 Å². The Morgan fingerprint density at radius 1 is 1.12 bits per heavy atom. The third kappa shape index (κ3) is 5.01. The van der Waals surface area contributed by atoms with Crippen LogP contribution in [0.4, 0.5) is 17.1 Å². The average Bonchev–Trinajstić information content (AvgIpc) is 3.49. The molecule has 0 saturated carbocycles. The van der Waals surface area contributed by atoms with Crippen LogP contribution >= 0.6 is 11.6 Å². The summed E-state index contributed by atoms with van der Waals surface area (Å²) in [6.07, 6.45) is 0.912. The van der Waals surface area contributed by atoms with Crippen molar-refractivity contribution in [2.75, 3.05) is 35.6 Å². The molecule has 1 fully saturated rings. The molecule has 9 nitrogen and oxygen atoms in total. The molecule has 10 heteroatoms. The van der Waals surface area contributed by atoms with Crippen LogP contribution in [0.1, 0.15) is 23.9 Å². The molecule has 1 atom stereocenters. The van der Waals surface area contributed by atoms with E-state index in [0.29, 0.717) is 16.3 Å². The Kier molecular flexibility index (Phi) is 6.78. The number of halogens is 1. The molecule has 0 aliphatic carbocycles. The normalized spacial score (nSPS) is 15.3. The molecule has 0 radical (unpaired) electrons. The quantitative estimate of drug-likeness (QED) is 0.442. The predicted molar refractivity (Wildman–Crippen MR) is 129 cm³/mol. The minimum absolute atomic E-state index is 0.0167. The van der Waals surface area contributed by atoms with E-state index >= 15 is 0 Å². The van der Waals surface area contributed by atoms with Crippen LogP contribution in [-0.4, -0.2) is 53.3 Å². The van der Waals surface area contributed by atoms with Gasteiger partial charge in [0.15, 0.2) is 5.76 Å². The number of carbonyl (C=O) groups excluding carboxylic acids is 2. The number of rotatable bonds is 6. The Labute approximate surface area is 201 Å². The summed E-state index contributed by atoms with van der Waals surface area (Å²) in [4.78, 5) is 28.3. The van der Waals surface area contributed by atoms with E-state index in [2.05, 4.69) is 10.2 Å². The monoisotopic (exact) mass is 484 g/mol. The topological polar surface area (TPSA) is 109 Å². The summed E-state index contributed by atoms with van der Waals surface area (Å²) in [5, 5.41) is 22.0. The van der Waals surface area contributed by atoms with E-state index in [1.54, 1.807) is 30.0 Å². The Morgan fingerprint density at radius 2 is 1.85 bits per heavy atom. The second-order valence-corrected chi connectivity index (χ2v) is 8.57. The highest BCUT2D eigenvalue weighted by atomic mass is 35.5. The average molecular weight is 485 g/mol. The lowest BCUT2D eigenvalue weighted by atomic mass is 10.1. The maximum absolute atomic E-state index is 12.7. The van der Waals surface area contributed by atoms with Crippen molar-refractivity contribution in [2.24, 2.45) is 0 Å². The first-order valence-electron chi connectivity index (χ1n) is 10.7. The smallest absolute Gasteiger partial charge is 0.291 e. The van der Waals surface area contributed by atoms with Crippen LogP contribution in [0.25, 0.3) is 11.3 Å². The zero-order chi connectivity index (χ0) is 24.4. The third-order valence-corrected chi connectivity index (χ3v) is 6.20. The first kappa shape index (κ1) is 23.6. The number of hydrogen-bond donors (Lipinski definition) is 3. The molecule has 178 valence electrons. The standard InChI is InChI=1S/C24H25ClN4O5/c1-15(30)27(2)19-11-12-28(14-19)18-6-4-17(5-7-18)26-24(31)23-10-9-22(34-23)20-8-3-16(25)13-21(20)29(32)33/h3-10,13,19,32-33H,11-12,14H2,1-2H3,(H,26,31). The summed E-state index contributed by atoms with van der Waals surface area (Å²) in [6, 6.07) is 15.2. The molecule has 1 aliphatic rings. The molecule has 0 bridgehead atoms. The largest absolute Gasteiger partial charge is 0.451 e. The zero-order valence-corrected chi connectivity index (χ0v) is 19.5. The number of furan rings is 1. The van der Waals surface area contributed by atoms with Crippen LogP contribution in [0.5, 0.6) is 0 Å². The van der Waals surface area contributed by atoms with E-state index < -0.39 is 5.91 Å². The molecular weight excluding hydrogens is 460 g/mol. The summed E-state index contributed by atoms with van der Waals surface area (Å²) in [5.74, 6) is -0.0385. The minimum atomic E-state index is -0.441. The fraction of sp³-hybridized carbons (Fsp3) is 0.250. The van der Waals surface area contributed by atoms with Crippen molar-refractivity contribution in [1.82, 2.24) is 4.90 Å². The molecule has 2 amide bonds. The summed E-state index contributed by atoms with van der Waals surface area (Å²) in [5.41, 5.74) is 2.00. The fourth-order valence-electron chi connectivity index (χ4n) is 3.98. The van der Waals surface area contributed by atoms with Crippen LogP contribution in [0.2, 0.25) is 5.02 Å². The summed E-state index contributed by atoms with van der Waals surface area (Å²) >= 11 is 5.92. The molecule has 1 unspecified atom stereocenters. The number of nitrogens with zero attached hydrogens (tertiary/aromatic N) is 3. The van der Waals surface area contributed by atoms with Gasteiger partial charge in [0.05, 0.1) is 6.04 Å². The van der Waals surface area contributed by atoms with E-state index in [1.165, 1.54) is 12.1 Å². The van der Waals surface area contributed by atoms with Gasteiger partial charge in [0.25, 0.3) is 5.91 Å². The molecule has 1 saturated heterocycles. The molecule has 0 spiro atoms. The van der Waals surface area contributed by atoms with E-state index in [9.17, 15) is 20.0 Å². The van der Waals surface area contributed by atoms with Crippen molar-refractivity contribution < 1.29 is 24.4 Å². The summed E-state index contributed by atoms with van der Waals surface area (Å²) < 4.78 is 5.65. The van der Waals surface area contributed by atoms with Gasteiger partial charge in [-0.15, -0.1) is 5.23 Å². The number of likely N-dealkylation sites (N-methyl/N-ethyl adjacent to an activating group) is 1. The summed E-state index contributed by atoms with van der Waals surface area (Å²) in [7, 11) is 1.83. The molecule has 2 heterocycles. The molecule has 1 aliphatic heterocycles. The lowest BCUT2D eigenvalue weighted by Crippen LogP contribution is -2.37. The van der Waals surface area contributed by atoms with Gasteiger partial charge in [-0.05, 0) is 61.0 Å². The highest BCUT2D eigenvalue weighted by Gasteiger charge is 2.27. The van der Waals surface area contributed by atoms with Crippen LogP contribution in [0, 0.1) is 0 Å². The lowest BCUT2D eigenvalue weighted by Gasteiger charge is -2.24. The maximum Gasteiger partial charge on any atom is 0.291 e. The van der Waals surface area contributed by atoms with Gasteiger partial charge in [0.2, 0.25) is 5.91 Å². The van der Waals surface area contributed by atoms with Crippen molar-refractivity contribution in [3.05, 3.63) is 65.4 Å². The highest BCUT2D eigenvalue weighted by Crippen LogP contribution is 2.33. The Bertz CT molecular complexity index is 1190. The molecule has 34 heavy (non-hydrogen) atoms. The Morgan fingerprint density at radius 3 is 2.53 bits per heavy atom.